The van der Waals surface area contributed by atoms with Crippen molar-refractivity contribution < 1.29 is 4.74 Å². The molecule has 0 amide bonds. The molecule has 0 aromatic carbocycles. The molecule has 0 radical (unpaired) electrons. The predicted molar refractivity (Wildman–Crippen MR) is 32.4 cm³/mol. The molecule has 0 fully saturated rings. The number of hydrogen-bond donors (Lipinski definition) is 0. The molecule has 1 rings (SSSR count). The van der Waals surface area contributed by atoms with E-state index in [1.165, 1.54) is 0 Å². The van der Waals surface area contributed by atoms with Gasteiger partial charge < -0.3 is 4.74 Å². The van der Waals surface area contributed by atoms with Crippen LogP contribution in [-0.2, 0) is 4.74 Å². The lowest BCUT2D eigenvalue weighted by Crippen LogP contribution is -1.96. The summed E-state index contributed by atoms with van der Waals surface area (Å²) >= 11 is 0. The highest BCUT2D eigenvalue weighted by Gasteiger charge is 1.97. The maximum absolute atomic E-state index is 4.95. The molecular weight excluding hydrogens is 104 g/mol. The van der Waals surface area contributed by atoms with Gasteiger partial charge in [0, 0.05) is 6.21 Å². The van der Waals surface area contributed by atoms with E-state index in [9.17, 15) is 0 Å². The lowest BCUT2D eigenvalue weighted by Gasteiger charge is -1.93. The van der Waals surface area contributed by atoms with E-state index < -0.39 is 0 Å². The summed E-state index contributed by atoms with van der Waals surface area (Å²) in [5.41, 5.74) is 0. The zero-order valence-electron chi connectivity index (χ0n) is 4.79. The Morgan fingerprint density at radius 1 is 1.88 bits per heavy atom. The van der Waals surface area contributed by atoms with Crippen molar-refractivity contribution in [2.45, 2.75) is 6.92 Å². The van der Waals surface area contributed by atoms with E-state index >= 15 is 0 Å². The minimum Gasteiger partial charge on any atom is -0.464 e. The molecule has 1 aliphatic heterocycles. The largest absolute Gasteiger partial charge is 0.464 e. The van der Waals surface area contributed by atoms with Crippen molar-refractivity contribution in [1.82, 2.24) is 0 Å². The molecule has 0 unspecified atom stereocenters. The van der Waals surface area contributed by atoms with Crippen LogP contribution >= 0.6 is 0 Å². The lowest BCUT2D eigenvalue weighted by atomic mass is 10.8. The summed E-state index contributed by atoms with van der Waals surface area (Å²) in [6.45, 7) is 3.24. The second-order valence-corrected chi connectivity index (χ2v) is 1.37. The summed E-state index contributed by atoms with van der Waals surface area (Å²) in [6, 6.07) is 0.521. The monoisotopic (exact) mass is 112 g/mol. The van der Waals surface area contributed by atoms with Crippen LogP contribution in [0.25, 0.3) is 0 Å². The Morgan fingerprint density at radius 2 is 2.75 bits per heavy atom. The second kappa shape index (κ2) is 2.45. The van der Waals surface area contributed by atoms with Crippen molar-refractivity contribution in [3.05, 3.63) is 0 Å². The highest BCUT2D eigenvalue weighted by atomic mass is 16.5. The first-order valence-corrected chi connectivity index (χ1v) is 2.63. The first kappa shape index (κ1) is 5.28. The van der Waals surface area contributed by atoms with E-state index in [2.05, 4.69) is 9.98 Å². The maximum atomic E-state index is 4.95. The molecule has 0 bridgehead atoms. The fourth-order valence-corrected chi connectivity index (χ4v) is 0.491. The van der Waals surface area contributed by atoms with E-state index in [0.29, 0.717) is 19.2 Å². The van der Waals surface area contributed by atoms with Crippen LogP contribution in [0.15, 0.2) is 9.98 Å². The van der Waals surface area contributed by atoms with Gasteiger partial charge in [-0.25, -0.2) is 9.98 Å². The Balaban J connectivity index is 2.34. The van der Waals surface area contributed by atoms with Crippen LogP contribution in [0.5, 0.6) is 0 Å². The Hall–Kier alpha value is -0.860. The van der Waals surface area contributed by atoms with E-state index in [4.69, 9.17) is 4.74 Å². The molecule has 3 heteroatoms. The standard InChI is InChI=1S/C5H8N2O/c1-2-8-5-6-3-4-7-5/h3H,2,4H2,1H3. The van der Waals surface area contributed by atoms with Crippen LogP contribution in [-0.4, -0.2) is 25.4 Å². The normalized spacial score (nSPS) is 16.4. The molecule has 8 heavy (non-hydrogen) atoms. The van der Waals surface area contributed by atoms with Crippen LogP contribution in [0.2, 0.25) is 0 Å². The Bertz CT molecular complexity index is 128. The highest BCUT2D eigenvalue weighted by Crippen LogP contribution is 1.89. The van der Waals surface area contributed by atoms with Gasteiger partial charge in [0.15, 0.2) is 0 Å². The van der Waals surface area contributed by atoms with Crippen LogP contribution in [0.1, 0.15) is 6.92 Å². The van der Waals surface area contributed by atoms with Crippen LogP contribution in [0.3, 0.4) is 0 Å². The Labute approximate surface area is 48.1 Å². The zero-order chi connectivity index (χ0) is 5.82. The van der Waals surface area contributed by atoms with Crippen molar-refractivity contribution in [3.8, 4) is 0 Å². The maximum Gasteiger partial charge on any atom is 0.311 e. The highest BCUT2D eigenvalue weighted by molar-refractivity contribution is 5.89. The summed E-state index contributed by atoms with van der Waals surface area (Å²) in [6.07, 6.45) is 1.73. The molecule has 1 aliphatic rings. The minimum atomic E-state index is 0.521. The number of rotatable bonds is 1. The summed E-state index contributed by atoms with van der Waals surface area (Å²) in [4.78, 5) is 7.73. The Morgan fingerprint density at radius 3 is 3.25 bits per heavy atom. The van der Waals surface area contributed by atoms with E-state index in [1.807, 2.05) is 6.92 Å². The van der Waals surface area contributed by atoms with Gasteiger partial charge in [-0.2, -0.15) is 0 Å². The molecular formula is C5H8N2O. The first-order chi connectivity index (χ1) is 3.93. The third kappa shape index (κ3) is 1.05. The van der Waals surface area contributed by atoms with Crippen molar-refractivity contribution in [2.24, 2.45) is 9.98 Å². The molecule has 1 heterocycles. The second-order valence-electron chi connectivity index (χ2n) is 1.37. The number of amidine groups is 1. The molecule has 0 saturated carbocycles. The average molecular weight is 112 g/mol. The third-order valence-corrected chi connectivity index (χ3v) is 0.783. The number of hydrogen-bond acceptors (Lipinski definition) is 3. The number of aliphatic imine (C=N–C) groups is 2. The van der Waals surface area contributed by atoms with Gasteiger partial charge in [0.05, 0.1) is 13.2 Å². The van der Waals surface area contributed by atoms with Crippen LogP contribution in [0.4, 0.5) is 0 Å². The molecule has 0 aliphatic carbocycles. The average Bonchev–Trinajstić information content (AvgIpc) is 2.19. The number of ether oxygens (including phenoxy) is 1. The van der Waals surface area contributed by atoms with Gasteiger partial charge in [0.1, 0.15) is 0 Å². The van der Waals surface area contributed by atoms with Gasteiger partial charge in [0.25, 0.3) is 0 Å². The molecule has 0 N–H and O–H groups in total. The molecule has 0 atom stereocenters. The summed E-state index contributed by atoms with van der Waals surface area (Å²) in [5, 5.41) is 0. The molecule has 0 spiro atoms. The van der Waals surface area contributed by atoms with Crippen LogP contribution < -0.4 is 0 Å². The Kier molecular flexibility index (Phi) is 1.62. The smallest absolute Gasteiger partial charge is 0.311 e. The fraction of sp³-hybridized carbons (Fsp3) is 0.600. The van der Waals surface area contributed by atoms with Crippen molar-refractivity contribution in [2.75, 3.05) is 13.2 Å². The van der Waals surface area contributed by atoms with Crippen molar-refractivity contribution in [1.29, 1.82) is 0 Å². The quantitative estimate of drug-likeness (QED) is 0.485. The van der Waals surface area contributed by atoms with Gasteiger partial charge in [-0.1, -0.05) is 0 Å². The zero-order valence-corrected chi connectivity index (χ0v) is 4.79. The minimum absolute atomic E-state index is 0.521. The van der Waals surface area contributed by atoms with Crippen molar-refractivity contribution >= 4 is 12.2 Å². The topological polar surface area (TPSA) is 34.0 Å². The van der Waals surface area contributed by atoms with E-state index in [0.717, 1.165) is 0 Å². The fourth-order valence-electron chi connectivity index (χ4n) is 0.491. The van der Waals surface area contributed by atoms with Gasteiger partial charge in [-0.15, -0.1) is 0 Å². The van der Waals surface area contributed by atoms with Gasteiger partial charge >= 0.3 is 6.02 Å². The van der Waals surface area contributed by atoms with E-state index in [1.54, 1.807) is 6.21 Å². The van der Waals surface area contributed by atoms with Crippen LogP contribution in [0, 0.1) is 0 Å². The number of nitrogens with zero attached hydrogens (tertiary/aromatic N) is 2. The molecule has 0 aromatic heterocycles. The van der Waals surface area contributed by atoms with Crippen molar-refractivity contribution in [3.63, 3.8) is 0 Å². The molecule has 0 aromatic rings. The predicted octanol–water partition coefficient (Wildman–Crippen LogP) is 0.463. The molecule has 3 nitrogen and oxygen atoms in total. The SMILES string of the molecule is CCOC1=NCC=N1. The van der Waals surface area contributed by atoms with Gasteiger partial charge in [-0.3, -0.25) is 0 Å². The van der Waals surface area contributed by atoms with Gasteiger partial charge in [0.2, 0.25) is 0 Å². The van der Waals surface area contributed by atoms with E-state index in [-0.39, 0.29) is 0 Å². The summed E-state index contributed by atoms with van der Waals surface area (Å²) < 4.78 is 4.95. The third-order valence-electron chi connectivity index (χ3n) is 0.783. The summed E-state index contributed by atoms with van der Waals surface area (Å²) in [7, 11) is 0. The molecule has 0 saturated heterocycles. The molecule has 44 valence electrons. The first-order valence-electron chi connectivity index (χ1n) is 2.63. The summed E-state index contributed by atoms with van der Waals surface area (Å²) in [5.74, 6) is 0. The van der Waals surface area contributed by atoms with Gasteiger partial charge in [-0.05, 0) is 6.92 Å². The lowest BCUT2D eigenvalue weighted by molar-refractivity contribution is 0.323.